The van der Waals surface area contributed by atoms with Crippen LogP contribution in [0.2, 0.25) is 5.02 Å². The van der Waals surface area contributed by atoms with Gasteiger partial charge in [0.2, 0.25) is 0 Å². The SMILES string of the molecule is C=C(C)[C@@H]1C[C@@H](c2ccc(Cl)cc2)[C@@H](C)O[C@H]1c1cc(C(C)(C)c2ccccc2)ccc1OCC(=O)O. The zero-order valence-electron chi connectivity index (χ0n) is 21.9. The van der Waals surface area contributed by atoms with Gasteiger partial charge < -0.3 is 14.6 Å². The van der Waals surface area contributed by atoms with Gasteiger partial charge in [-0.2, -0.15) is 0 Å². The molecule has 0 radical (unpaired) electrons. The van der Waals surface area contributed by atoms with E-state index in [4.69, 9.17) is 21.1 Å². The number of carboxylic acid groups (broad SMARTS) is 1. The molecule has 4 atom stereocenters. The van der Waals surface area contributed by atoms with Crippen molar-refractivity contribution in [2.24, 2.45) is 5.92 Å². The number of benzene rings is 3. The maximum absolute atomic E-state index is 11.3. The molecule has 0 bridgehead atoms. The quantitative estimate of drug-likeness (QED) is 0.307. The van der Waals surface area contributed by atoms with Crippen molar-refractivity contribution in [3.63, 3.8) is 0 Å². The molecule has 3 aromatic rings. The standard InChI is InChI=1S/C32H35ClO4/c1-20(2)26-18-27(22-11-14-25(33)15-12-22)21(3)37-31(26)28-17-24(13-16-29(28)36-19-30(34)35)32(4,5)23-9-7-6-8-10-23/h6-17,21,26-27,31H,1,18-19H2,2-5H3,(H,34,35)/t21-,26+,27-,31-/m1/s1. The highest BCUT2D eigenvalue weighted by Gasteiger charge is 2.39. The van der Waals surface area contributed by atoms with Crippen LogP contribution in [0.15, 0.2) is 84.9 Å². The average molecular weight is 519 g/mol. The summed E-state index contributed by atoms with van der Waals surface area (Å²) in [6.45, 7) is 12.4. The minimum atomic E-state index is -1.02. The lowest BCUT2D eigenvalue weighted by Crippen LogP contribution is -2.35. The number of carbonyl (C=O) groups is 1. The van der Waals surface area contributed by atoms with E-state index < -0.39 is 12.6 Å². The number of carboxylic acids is 1. The second kappa shape index (κ2) is 11.1. The van der Waals surface area contributed by atoms with Crippen molar-refractivity contribution in [1.82, 2.24) is 0 Å². The van der Waals surface area contributed by atoms with Crippen LogP contribution in [0.25, 0.3) is 0 Å². The molecule has 4 rings (SSSR count). The Hall–Kier alpha value is -3.08. The average Bonchev–Trinajstić information content (AvgIpc) is 2.88. The van der Waals surface area contributed by atoms with Gasteiger partial charge in [-0.05, 0) is 61.2 Å². The Kier molecular flexibility index (Phi) is 8.11. The van der Waals surface area contributed by atoms with Gasteiger partial charge in [0, 0.05) is 27.8 Å². The Morgan fingerprint density at radius 2 is 1.76 bits per heavy atom. The molecule has 0 amide bonds. The summed E-state index contributed by atoms with van der Waals surface area (Å²) < 4.78 is 12.5. The molecule has 0 aromatic heterocycles. The van der Waals surface area contributed by atoms with Crippen LogP contribution in [0.4, 0.5) is 0 Å². The molecule has 1 N–H and O–H groups in total. The molecule has 5 heteroatoms. The number of halogens is 1. The number of hydrogen-bond donors (Lipinski definition) is 1. The van der Waals surface area contributed by atoms with E-state index in [0.717, 1.165) is 23.1 Å². The molecule has 0 unspecified atom stereocenters. The van der Waals surface area contributed by atoms with Crippen molar-refractivity contribution < 1.29 is 19.4 Å². The van der Waals surface area contributed by atoms with Crippen LogP contribution in [0.3, 0.4) is 0 Å². The Balaban J connectivity index is 1.76. The van der Waals surface area contributed by atoms with Crippen molar-refractivity contribution in [1.29, 1.82) is 0 Å². The summed E-state index contributed by atoms with van der Waals surface area (Å²) >= 11 is 6.13. The Labute approximate surface area is 224 Å². The zero-order chi connectivity index (χ0) is 26.7. The van der Waals surface area contributed by atoms with Crippen LogP contribution >= 0.6 is 11.6 Å². The third-order valence-electron chi connectivity index (χ3n) is 7.62. The van der Waals surface area contributed by atoms with Crippen molar-refractivity contribution >= 4 is 17.6 Å². The van der Waals surface area contributed by atoms with E-state index in [2.05, 4.69) is 57.7 Å². The summed E-state index contributed by atoms with van der Waals surface area (Å²) in [6, 6.07) is 24.3. The number of rotatable bonds is 8. The molecule has 1 aliphatic rings. The first kappa shape index (κ1) is 27.0. The van der Waals surface area contributed by atoms with Gasteiger partial charge in [-0.25, -0.2) is 4.79 Å². The van der Waals surface area contributed by atoms with Gasteiger partial charge >= 0.3 is 5.97 Å². The van der Waals surface area contributed by atoms with E-state index >= 15 is 0 Å². The second-order valence-corrected chi connectivity index (χ2v) is 11.0. The number of ether oxygens (including phenoxy) is 2. The molecule has 1 aliphatic heterocycles. The van der Waals surface area contributed by atoms with E-state index in [9.17, 15) is 9.90 Å². The van der Waals surface area contributed by atoms with E-state index in [0.29, 0.717) is 10.8 Å². The Morgan fingerprint density at radius 3 is 2.38 bits per heavy atom. The highest BCUT2D eigenvalue weighted by Crippen LogP contribution is 2.49. The largest absolute Gasteiger partial charge is 0.482 e. The lowest BCUT2D eigenvalue weighted by molar-refractivity contribution is -0.139. The van der Waals surface area contributed by atoms with Gasteiger partial charge in [0.25, 0.3) is 0 Å². The monoisotopic (exact) mass is 518 g/mol. The third kappa shape index (κ3) is 5.92. The fourth-order valence-corrected chi connectivity index (χ4v) is 5.45. The van der Waals surface area contributed by atoms with Crippen LogP contribution in [-0.2, 0) is 14.9 Å². The molecule has 0 aliphatic carbocycles. The normalized spacial score (nSPS) is 21.9. The van der Waals surface area contributed by atoms with Crippen LogP contribution in [0, 0.1) is 5.92 Å². The minimum absolute atomic E-state index is 0.0270. The van der Waals surface area contributed by atoms with Crippen LogP contribution in [0.5, 0.6) is 5.75 Å². The van der Waals surface area contributed by atoms with Gasteiger partial charge in [0.1, 0.15) is 5.75 Å². The zero-order valence-corrected chi connectivity index (χ0v) is 22.7. The van der Waals surface area contributed by atoms with Crippen molar-refractivity contribution in [3.8, 4) is 5.75 Å². The van der Waals surface area contributed by atoms with Crippen molar-refractivity contribution in [3.05, 3.63) is 112 Å². The molecule has 0 saturated carbocycles. The first-order valence-corrected chi connectivity index (χ1v) is 13.1. The van der Waals surface area contributed by atoms with Crippen molar-refractivity contribution in [2.45, 2.75) is 57.7 Å². The second-order valence-electron chi connectivity index (χ2n) is 10.5. The Morgan fingerprint density at radius 1 is 1.08 bits per heavy atom. The van der Waals surface area contributed by atoms with E-state index in [1.165, 1.54) is 11.1 Å². The van der Waals surface area contributed by atoms with Gasteiger partial charge in [-0.15, -0.1) is 0 Å². The summed E-state index contributed by atoms with van der Waals surface area (Å²) in [5, 5.41) is 10.0. The highest BCUT2D eigenvalue weighted by atomic mass is 35.5. The van der Waals surface area contributed by atoms with E-state index in [1.807, 2.05) is 49.4 Å². The Bertz CT molecular complexity index is 1250. The molecule has 4 nitrogen and oxygen atoms in total. The van der Waals surface area contributed by atoms with Gasteiger partial charge in [-0.3, -0.25) is 0 Å². The highest BCUT2D eigenvalue weighted by molar-refractivity contribution is 6.30. The van der Waals surface area contributed by atoms with Gasteiger partial charge in [-0.1, -0.05) is 86.1 Å². The molecule has 194 valence electrons. The molecular weight excluding hydrogens is 484 g/mol. The van der Waals surface area contributed by atoms with Crippen LogP contribution in [-0.4, -0.2) is 23.8 Å². The molecule has 37 heavy (non-hydrogen) atoms. The van der Waals surface area contributed by atoms with Crippen LogP contribution in [0.1, 0.15) is 68.4 Å². The lowest BCUT2D eigenvalue weighted by Gasteiger charge is -2.42. The van der Waals surface area contributed by atoms with Gasteiger partial charge in [0.05, 0.1) is 12.2 Å². The summed E-state index contributed by atoms with van der Waals surface area (Å²) in [6.07, 6.45) is 0.472. The number of aliphatic carboxylic acids is 1. The predicted molar refractivity (Wildman–Crippen MR) is 149 cm³/mol. The maximum atomic E-state index is 11.3. The maximum Gasteiger partial charge on any atom is 0.341 e. The predicted octanol–water partition coefficient (Wildman–Crippen LogP) is 7.96. The third-order valence-corrected chi connectivity index (χ3v) is 7.87. The first-order chi connectivity index (χ1) is 17.6. The topological polar surface area (TPSA) is 55.8 Å². The molecule has 1 heterocycles. The van der Waals surface area contributed by atoms with Crippen molar-refractivity contribution in [2.75, 3.05) is 6.61 Å². The number of hydrogen-bond acceptors (Lipinski definition) is 3. The van der Waals surface area contributed by atoms with Gasteiger partial charge in [0.15, 0.2) is 6.61 Å². The minimum Gasteiger partial charge on any atom is -0.482 e. The molecule has 3 aromatic carbocycles. The molecule has 0 spiro atoms. The summed E-state index contributed by atoms with van der Waals surface area (Å²) in [4.78, 5) is 11.3. The molecular formula is C32H35ClO4. The fraction of sp³-hybridized carbons (Fsp3) is 0.344. The molecule has 1 saturated heterocycles. The summed E-state index contributed by atoms with van der Waals surface area (Å²) in [7, 11) is 0. The summed E-state index contributed by atoms with van der Waals surface area (Å²) in [5.74, 6) is -0.276. The molecule has 1 fully saturated rings. The van der Waals surface area contributed by atoms with Crippen LogP contribution < -0.4 is 4.74 Å². The fourth-order valence-electron chi connectivity index (χ4n) is 5.33. The van der Waals surface area contributed by atoms with E-state index in [-0.39, 0.29) is 29.5 Å². The van der Waals surface area contributed by atoms with E-state index in [1.54, 1.807) is 0 Å². The lowest BCUT2D eigenvalue weighted by atomic mass is 9.74. The first-order valence-electron chi connectivity index (χ1n) is 12.7. The smallest absolute Gasteiger partial charge is 0.341 e. The summed E-state index contributed by atoms with van der Waals surface area (Å²) in [5.41, 5.74) is 5.09.